The maximum atomic E-state index is 5.95. The number of likely N-dealkylation sites (tertiary alicyclic amines) is 1. The molecule has 0 radical (unpaired) electrons. The zero-order valence-electron chi connectivity index (χ0n) is 11.3. The monoisotopic (exact) mass is 268 g/mol. The molecule has 1 unspecified atom stereocenters. The van der Waals surface area contributed by atoms with Crippen molar-refractivity contribution in [2.75, 3.05) is 25.0 Å². The third kappa shape index (κ3) is 2.75. The van der Waals surface area contributed by atoms with Crippen molar-refractivity contribution in [3.05, 3.63) is 16.3 Å². The number of hydrogen-bond acceptors (Lipinski definition) is 4. The number of anilines is 1. The molecule has 2 heterocycles. The molecule has 100 valence electrons. The van der Waals surface area contributed by atoms with Gasteiger partial charge < -0.3 is 5.32 Å². The van der Waals surface area contributed by atoms with Crippen LogP contribution in [0.2, 0.25) is 5.15 Å². The molecule has 2 rings (SSSR count). The van der Waals surface area contributed by atoms with Gasteiger partial charge >= 0.3 is 0 Å². The van der Waals surface area contributed by atoms with Crippen molar-refractivity contribution >= 4 is 17.4 Å². The third-order valence-corrected chi connectivity index (χ3v) is 4.23. The quantitative estimate of drug-likeness (QED) is 0.912. The van der Waals surface area contributed by atoms with E-state index in [-0.39, 0.29) is 0 Å². The van der Waals surface area contributed by atoms with Crippen molar-refractivity contribution in [1.29, 1.82) is 0 Å². The Morgan fingerprint density at radius 1 is 1.33 bits per heavy atom. The van der Waals surface area contributed by atoms with Crippen molar-refractivity contribution in [2.24, 2.45) is 0 Å². The fourth-order valence-electron chi connectivity index (χ4n) is 2.50. The summed E-state index contributed by atoms with van der Waals surface area (Å²) in [5.74, 6) is 0.861. The van der Waals surface area contributed by atoms with Gasteiger partial charge in [-0.05, 0) is 50.9 Å². The summed E-state index contributed by atoms with van der Waals surface area (Å²) in [5, 5.41) is 12.0. The molecule has 0 aromatic carbocycles. The second-order valence-corrected chi connectivity index (χ2v) is 5.25. The van der Waals surface area contributed by atoms with Crippen molar-refractivity contribution < 1.29 is 0 Å². The fourth-order valence-corrected chi connectivity index (χ4v) is 2.68. The van der Waals surface area contributed by atoms with Crippen molar-refractivity contribution in [2.45, 2.75) is 39.7 Å². The molecule has 0 spiro atoms. The van der Waals surface area contributed by atoms with Crippen LogP contribution in [0.15, 0.2) is 0 Å². The molecule has 0 aliphatic carbocycles. The lowest BCUT2D eigenvalue weighted by Gasteiger charge is -2.23. The zero-order valence-corrected chi connectivity index (χ0v) is 12.1. The Kier molecular flexibility index (Phi) is 4.40. The van der Waals surface area contributed by atoms with Crippen LogP contribution >= 0.6 is 11.6 Å². The van der Waals surface area contributed by atoms with Gasteiger partial charge in [-0.1, -0.05) is 18.5 Å². The molecule has 1 aromatic rings. The van der Waals surface area contributed by atoms with Crippen LogP contribution in [-0.2, 0) is 0 Å². The summed E-state index contributed by atoms with van der Waals surface area (Å²) in [6.45, 7) is 9.50. The largest absolute Gasteiger partial charge is 0.367 e. The lowest BCUT2D eigenvalue weighted by Crippen LogP contribution is -2.35. The van der Waals surface area contributed by atoms with E-state index in [1.165, 1.54) is 19.4 Å². The van der Waals surface area contributed by atoms with Gasteiger partial charge in [0.15, 0.2) is 11.0 Å². The van der Waals surface area contributed by atoms with Gasteiger partial charge in [-0.2, -0.15) is 0 Å². The SMILES string of the molecule is CCN1CCCC1CNc1nnc(Cl)c(C)c1C. The van der Waals surface area contributed by atoms with Crippen molar-refractivity contribution in [3.8, 4) is 0 Å². The summed E-state index contributed by atoms with van der Waals surface area (Å²) in [6, 6.07) is 0.618. The molecule has 0 saturated carbocycles. The number of nitrogens with zero attached hydrogens (tertiary/aromatic N) is 3. The van der Waals surface area contributed by atoms with Crippen LogP contribution in [0.25, 0.3) is 0 Å². The average molecular weight is 269 g/mol. The highest BCUT2D eigenvalue weighted by Crippen LogP contribution is 2.22. The molecule has 5 heteroatoms. The van der Waals surface area contributed by atoms with Crippen LogP contribution in [0.4, 0.5) is 5.82 Å². The Morgan fingerprint density at radius 2 is 2.11 bits per heavy atom. The van der Waals surface area contributed by atoms with Gasteiger partial charge in [-0.15, -0.1) is 10.2 Å². The predicted octanol–water partition coefficient (Wildman–Crippen LogP) is 2.64. The molecule has 1 aliphatic rings. The van der Waals surface area contributed by atoms with Gasteiger partial charge in [0.05, 0.1) is 0 Å². The van der Waals surface area contributed by atoms with Gasteiger partial charge in [-0.25, -0.2) is 0 Å². The fraction of sp³-hybridized carbons (Fsp3) is 0.692. The minimum absolute atomic E-state index is 0.495. The highest BCUT2D eigenvalue weighted by Gasteiger charge is 2.22. The Bertz CT molecular complexity index is 422. The van der Waals surface area contributed by atoms with Gasteiger partial charge in [-0.3, -0.25) is 4.90 Å². The summed E-state index contributed by atoms with van der Waals surface area (Å²) >= 11 is 5.95. The number of likely N-dealkylation sites (N-methyl/N-ethyl adjacent to an activating group) is 1. The molecule has 1 N–H and O–H groups in total. The van der Waals surface area contributed by atoms with E-state index in [2.05, 4.69) is 27.3 Å². The van der Waals surface area contributed by atoms with Crippen LogP contribution < -0.4 is 5.32 Å². The number of rotatable bonds is 4. The number of aromatic nitrogens is 2. The van der Waals surface area contributed by atoms with Gasteiger partial charge in [0.2, 0.25) is 0 Å². The van der Waals surface area contributed by atoms with Crippen LogP contribution in [0.3, 0.4) is 0 Å². The molecular weight excluding hydrogens is 248 g/mol. The van der Waals surface area contributed by atoms with Crippen LogP contribution in [-0.4, -0.2) is 40.8 Å². The minimum Gasteiger partial charge on any atom is -0.367 e. The van der Waals surface area contributed by atoms with E-state index in [0.717, 1.165) is 30.0 Å². The molecule has 1 aliphatic heterocycles. The van der Waals surface area contributed by atoms with Crippen LogP contribution in [0.1, 0.15) is 30.9 Å². The lowest BCUT2D eigenvalue weighted by molar-refractivity contribution is 0.277. The molecule has 0 bridgehead atoms. The summed E-state index contributed by atoms with van der Waals surface area (Å²) < 4.78 is 0. The molecular formula is C13H21ClN4. The normalized spacial score (nSPS) is 20.3. The lowest BCUT2D eigenvalue weighted by atomic mass is 10.2. The standard InChI is InChI=1S/C13H21ClN4/c1-4-18-7-5-6-11(18)8-15-13-10(3)9(2)12(14)16-17-13/h11H,4-8H2,1-3H3,(H,15,17). The molecule has 4 nitrogen and oxygen atoms in total. The molecule has 1 aromatic heterocycles. The molecule has 1 atom stereocenters. The number of hydrogen-bond donors (Lipinski definition) is 1. The summed E-state index contributed by atoms with van der Waals surface area (Å²) in [5.41, 5.74) is 2.10. The molecule has 0 amide bonds. The zero-order chi connectivity index (χ0) is 13.1. The Morgan fingerprint density at radius 3 is 2.83 bits per heavy atom. The van der Waals surface area contributed by atoms with Crippen LogP contribution in [0, 0.1) is 13.8 Å². The van der Waals surface area contributed by atoms with Gasteiger partial charge in [0.1, 0.15) is 0 Å². The Hall–Kier alpha value is -0.870. The van der Waals surface area contributed by atoms with Crippen molar-refractivity contribution in [1.82, 2.24) is 15.1 Å². The topological polar surface area (TPSA) is 41.0 Å². The van der Waals surface area contributed by atoms with E-state index in [1.807, 2.05) is 13.8 Å². The van der Waals surface area contributed by atoms with E-state index >= 15 is 0 Å². The highest BCUT2D eigenvalue weighted by molar-refractivity contribution is 6.30. The second-order valence-electron chi connectivity index (χ2n) is 4.89. The molecule has 18 heavy (non-hydrogen) atoms. The first-order valence-electron chi connectivity index (χ1n) is 6.60. The van der Waals surface area contributed by atoms with Crippen molar-refractivity contribution in [3.63, 3.8) is 0 Å². The van der Waals surface area contributed by atoms with Gasteiger partial charge in [0, 0.05) is 12.6 Å². The molecule has 1 fully saturated rings. The highest BCUT2D eigenvalue weighted by atomic mass is 35.5. The maximum Gasteiger partial charge on any atom is 0.155 e. The predicted molar refractivity (Wildman–Crippen MR) is 75.3 cm³/mol. The van der Waals surface area contributed by atoms with Gasteiger partial charge in [0.25, 0.3) is 0 Å². The van der Waals surface area contributed by atoms with E-state index in [1.54, 1.807) is 0 Å². The average Bonchev–Trinajstić information content (AvgIpc) is 2.82. The van der Waals surface area contributed by atoms with E-state index in [9.17, 15) is 0 Å². The maximum absolute atomic E-state index is 5.95. The second kappa shape index (κ2) is 5.85. The smallest absolute Gasteiger partial charge is 0.155 e. The minimum atomic E-state index is 0.495. The summed E-state index contributed by atoms with van der Waals surface area (Å²) in [4.78, 5) is 2.51. The third-order valence-electron chi connectivity index (χ3n) is 3.88. The first-order valence-corrected chi connectivity index (χ1v) is 6.98. The molecule has 1 saturated heterocycles. The first-order chi connectivity index (χ1) is 8.63. The Labute approximate surface area is 114 Å². The first kappa shape index (κ1) is 13.6. The van der Waals surface area contributed by atoms with E-state index < -0.39 is 0 Å². The summed E-state index contributed by atoms with van der Waals surface area (Å²) in [7, 11) is 0. The number of nitrogens with one attached hydrogen (secondary N) is 1. The van der Waals surface area contributed by atoms with E-state index in [4.69, 9.17) is 11.6 Å². The number of halogens is 1. The van der Waals surface area contributed by atoms with Crippen LogP contribution in [0.5, 0.6) is 0 Å². The Balaban J connectivity index is 2.00. The van der Waals surface area contributed by atoms with E-state index in [0.29, 0.717) is 11.2 Å². The summed E-state index contributed by atoms with van der Waals surface area (Å²) in [6.07, 6.45) is 2.56.